The summed E-state index contributed by atoms with van der Waals surface area (Å²) in [5, 5.41) is 2.61. The van der Waals surface area contributed by atoms with Crippen molar-refractivity contribution in [3.63, 3.8) is 0 Å². The van der Waals surface area contributed by atoms with Crippen LogP contribution in [0.5, 0.6) is 5.75 Å². The first-order chi connectivity index (χ1) is 15.8. The van der Waals surface area contributed by atoms with Gasteiger partial charge in [0.25, 0.3) is 10.0 Å². The van der Waals surface area contributed by atoms with Crippen molar-refractivity contribution in [2.45, 2.75) is 11.8 Å². The fraction of sp³-hybridized carbons (Fsp3) is 0.167. The normalized spacial score (nSPS) is 10.9. The van der Waals surface area contributed by atoms with E-state index in [-0.39, 0.29) is 21.8 Å². The Morgan fingerprint density at radius 3 is 2.30 bits per heavy atom. The summed E-state index contributed by atoms with van der Waals surface area (Å²) in [7, 11) is -1.39. The summed E-state index contributed by atoms with van der Waals surface area (Å²) in [6.07, 6.45) is 0. The Labute approximate surface area is 192 Å². The lowest BCUT2D eigenvalue weighted by atomic mass is 10.2. The molecule has 8 nitrogen and oxygen atoms in total. The summed E-state index contributed by atoms with van der Waals surface area (Å²) < 4.78 is 37.9. The van der Waals surface area contributed by atoms with E-state index in [2.05, 4.69) is 5.32 Å². The van der Waals surface area contributed by atoms with Crippen LogP contribution in [-0.2, 0) is 19.6 Å². The molecule has 0 fully saturated rings. The molecule has 0 bridgehead atoms. The van der Waals surface area contributed by atoms with Crippen LogP contribution < -0.4 is 14.4 Å². The number of hydrogen-bond acceptors (Lipinski definition) is 6. The molecule has 3 rings (SSSR count). The standard InChI is InChI=1S/C24H24N2O6S/c1-17-11-13-20(14-12-17)33(29,30)26(18-7-6-8-19(15-18)31-2)16-23(27)25-22-10-5-4-9-21(22)24(28)32-3/h4-15H,16H2,1-3H3,(H,25,27). The monoisotopic (exact) mass is 468 g/mol. The van der Waals surface area contributed by atoms with E-state index in [0.717, 1.165) is 9.87 Å². The zero-order chi connectivity index (χ0) is 24.0. The van der Waals surface area contributed by atoms with Crippen LogP contribution in [0.15, 0.2) is 77.7 Å². The average Bonchev–Trinajstić information content (AvgIpc) is 2.82. The quantitative estimate of drug-likeness (QED) is 0.507. The zero-order valence-electron chi connectivity index (χ0n) is 18.4. The number of nitrogens with one attached hydrogen (secondary N) is 1. The van der Waals surface area contributed by atoms with E-state index in [1.165, 1.54) is 44.6 Å². The van der Waals surface area contributed by atoms with Gasteiger partial charge in [0.2, 0.25) is 5.91 Å². The number of para-hydroxylation sites is 1. The van der Waals surface area contributed by atoms with Crippen LogP contribution in [0.1, 0.15) is 15.9 Å². The topological polar surface area (TPSA) is 102 Å². The average molecular weight is 469 g/mol. The first-order valence-electron chi connectivity index (χ1n) is 9.97. The second-order valence-electron chi connectivity index (χ2n) is 7.11. The van der Waals surface area contributed by atoms with E-state index in [1.807, 2.05) is 6.92 Å². The Balaban J connectivity index is 1.98. The van der Waals surface area contributed by atoms with Gasteiger partial charge in [0.1, 0.15) is 12.3 Å². The molecule has 0 aliphatic rings. The highest BCUT2D eigenvalue weighted by molar-refractivity contribution is 7.92. The van der Waals surface area contributed by atoms with Gasteiger partial charge < -0.3 is 14.8 Å². The lowest BCUT2D eigenvalue weighted by Gasteiger charge is -2.24. The maximum atomic E-state index is 13.5. The molecule has 1 N–H and O–H groups in total. The third-order valence-corrected chi connectivity index (χ3v) is 6.63. The molecule has 0 aromatic heterocycles. The molecule has 0 unspecified atom stereocenters. The van der Waals surface area contributed by atoms with Crippen molar-refractivity contribution in [2.75, 3.05) is 30.4 Å². The Hall–Kier alpha value is -3.85. The van der Waals surface area contributed by atoms with Gasteiger partial charge in [0.15, 0.2) is 0 Å². The van der Waals surface area contributed by atoms with Crippen LogP contribution in [0.4, 0.5) is 11.4 Å². The molecule has 9 heteroatoms. The van der Waals surface area contributed by atoms with Gasteiger partial charge in [0, 0.05) is 6.07 Å². The van der Waals surface area contributed by atoms with Gasteiger partial charge in [-0.2, -0.15) is 0 Å². The van der Waals surface area contributed by atoms with Crippen LogP contribution in [0.2, 0.25) is 0 Å². The van der Waals surface area contributed by atoms with Gasteiger partial charge in [-0.1, -0.05) is 35.9 Å². The molecular weight excluding hydrogens is 444 g/mol. The van der Waals surface area contributed by atoms with E-state index in [9.17, 15) is 18.0 Å². The minimum atomic E-state index is -4.09. The number of sulfonamides is 1. The van der Waals surface area contributed by atoms with Crippen molar-refractivity contribution in [1.82, 2.24) is 0 Å². The molecule has 0 radical (unpaired) electrons. The number of amides is 1. The highest BCUT2D eigenvalue weighted by atomic mass is 32.2. The van der Waals surface area contributed by atoms with Gasteiger partial charge in [-0.05, 0) is 43.3 Å². The van der Waals surface area contributed by atoms with E-state index >= 15 is 0 Å². The smallest absolute Gasteiger partial charge is 0.339 e. The molecule has 3 aromatic carbocycles. The van der Waals surface area contributed by atoms with E-state index in [1.54, 1.807) is 42.5 Å². The van der Waals surface area contributed by atoms with Gasteiger partial charge in [-0.15, -0.1) is 0 Å². The largest absolute Gasteiger partial charge is 0.497 e. The van der Waals surface area contributed by atoms with Crippen LogP contribution in [0, 0.1) is 6.92 Å². The number of nitrogens with zero attached hydrogens (tertiary/aromatic N) is 1. The van der Waals surface area contributed by atoms with E-state index in [4.69, 9.17) is 9.47 Å². The maximum absolute atomic E-state index is 13.5. The second kappa shape index (κ2) is 10.2. The maximum Gasteiger partial charge on any atom is 0.339 e. The molecular formula is C24H24N2O6S. The number of ether oxygens (including phenoxy) is 2. The van der Waals surface area contributed by atoms with Crippen LogP contribution in [0.25, 0.3) is 0 Å². The van der Waals surface area contributed by atoms with Crippen molar-refractivity contribution in [3.05, 3.63) is 83.9 Å². The van der Waals surface area contributed by atoms with Crippen molar-refractivity contribution < 1.29 is 27.5 Å². The fourth-order valence-corrected chi connectivity index (χ4v) is 4.53. The summed E-state index contributed by atoms with van der Waals surface area (Å²) >= 11 is 0. The number of anilines is 2. The first kappa shape index (κ1) is 23.8. The van der Waals surface area contributed by atoms with Gasteiger partial charge >= 0.3 is 5.97 Å². The highest BCUT2D eigenvalue weighted by Crippen LogP contribution is 2.27. The summed E-state index contributed by atoms with van der Waals surface area (Å²) in [5.74, 6) is -0.819. The predicted octanol–water partition coefficient (Wildman–Crippen LogP) is 3.62. The number of esters is 1. The SMILES string of the molecule is COC(=O)c1ccccc1NC(=O)CN(c1cccc(OC)c1)S(=O)(=O)c1ccc(C)cc1. The number of aryl methyl sites for hydroxylation is 1. The number of rotatable bonds is 8. The molecule has 0 saturated heterocycles. The van der Waals surface area contributed by atoms with Crippen molar-refractivity contribution in [3.8, 4) is 5.75 Å². The Morgan fingerprint density at radius 2 is 1.64 bits per heavy atom. The van der Waals surface area contributed by atoms with Crippen molar-refractivity contribution >= 4 is 33.3 Å². The fourth-order valence-electron chi connectivity index (χ4n) is 3.12. The van der Waals surface area contributed by atoms with Crippen molar-refractivity contribution in [2.24, 2.45) is 0 Å². The second-order valence-corrected chi connectivity index (χ2v) is 8.97. The molecule has 1 amide bonds. The summed E-state index contributed by atoms with van der Waals surface area (Å²) in [6, 6.07) is 19.1. The predicted molar refractivity (Wildman–Crippen MR) is 125 cm³/mol. The van der Waals surface area contributed by atoms with Gasteiger partial charge in [-0.3, -0.25) is 9.10 Å². The lowest BCUT2D eigenvalue weighted by Crippen LogP contribution is -2.38. The molecule has 0 spiro atoms. The van der Waals surface area contributed by atoms with Crippen LogP contribution in [-0.4, -0.2) is 41.1 Å². The molecule has 0 aliphatic heterocycles. The molecule has 172 valence electrons. The van der Waals surface area contributed by atoms with Gasteiger partial charge in [0.05, 0.1) is 36.1 Å². The van der Waals surface area contributed by atoms with Crippen molar-refractivity contribution in [1.29, 1.82) is 0 Å². The lowest BCUT2D eigenvalue weighted by molar-refractivity contribution is -0.114. The Kier molecular flexibility index (Phi) is 7.34. The number of carbonyl (C=O) groups excluding carboxylic acids is 2. The van der Waals surface area contributed by atoms with Gasteiger partial charge in [-0.25, -0.2) is 13.2 Å². The van der Waals surface area contributed by atoms with Crippen LogP contribution in [0.3, 0.4) is 0 Å². The summed E-state index contributed by atoms with van der Waals surface area (Å²) in [4.78, 5) is 25.0. The number of hydrogen-bond donors (Lipinski definition) is 1. The number of carbonyl (C=O) groups is 2. The Bertz CT molecular complexity index is 1260. The van der Waals surface area contributed by atoms with E-state index in [0.29, 0.717) is 5.75 Å². The molecule has 0 heterocycles. The third kappa shape index (κ3) is 5.50. The minimum Gasteiger partial charge on any atom is -0.497 e. The zero-order valence-corrected chi connectivity index (χ0v) is 19.3. The van der Waals surface area contributed by atoms with E-state index < -0.39 is 28.4 Å². The molecule has 0 saturated carbocycles. The molecule has 0 aliphatic carbocycles. The minimum absolute atomic E-state index is 0.0404. The Morgan fingerprint density at radius 1 is 0.939 bits per heavy atom. The summed E-state index contributed by atoms with van der Waals surface area (Å²) in [5.41, 5.74) is 1.53. The number of methoxy groups -OCH3 is 2. The molecule has 0 atom stereocenters. The summed E-state index contributed by atoms with van der Waals surface area (Å²) in [6.45, 7) is 1.32. The third-order valence-electron chi connectivity index (χ3n) is 4.84. The van der Waals surface area contributed by atoms with Crippen LogP contribution >= 0.6 is 0 Å². The number of benzene rings is 3. The first-order valence-corrected chi connectivity index (χ1v) is 11.4. The highest BCUT2D eigenvalue weighted by Gasteiger charge is 2.28. The molecule has 33 heavy (non-hydrogen) atoms. The molecule has 3 aromatic rings.